The van der Waals surface area contributed by atoms with Crippen LogP contribution in [0.15, 0.2) is 12.1 Å². The predicted octanol–water partition coefficient (Wildman–Crippen LogP) is 4.20. The number of hydrogen-bond donors (Lipinski definition) is 0. The van der Waals surface area contributed by atoms with Crippen LogP contribution >= 0.6 is 22.6 Å². The Labute approximate surface area is 105 Å². The number of nitriles is 1. The van der Waals surface area contributed by atoms with Gasteiger partial charge >= 0.3 is 12.4 Å². The summed E-state index contributed by atoms with van der Waals surface area (Å²) in [7, 11) is 0. The first-order valence-electron chi connectivity index (χ1n) is 3.96. The quantitative estimate of drug-likeness (QED) is 0.500. The van der Waals surface area contributed by atoms with Crippen molar-refractivity contribution in [2.45, 2.75) is 12.4 Å². The minimum atomic E-state index is -4.85. The highest BCUT2D eigenvalue weighted by Gasteiger charge is 2.39. The molecule has 0 saturated carbocycles. The Kier molecular flexibility index (Phi) is 3.61. The molecule has 1 aromatic rings. The van der Waals surface area contributed by atoms with Crippen LogP contribution in [0.3, 0.4) is 0 Å². The summed E-state index contributed by atoms with van der Waals surface area (Å²) in [6.45, 7) is 0. The molecule has 0 fully saturated rings. The zero-order chi connectivity index (χ0) is 13.4. The van der Waals surface area contributed by atoms with E-state index in [0.29, 0.717) is 6.07 Å². The molecule has 0 heterocycles. The summed E-state index contributed by atoms with van der Waals surface area (Å²) in [5, 5.41) is 8.53. The lowest BCUT2D eigenvalue weighted by Crippen LogP contribution is -2.14. The van der Waals surface area contributed by atoms with Crippen LogP contribution in [0.5, 0.6) is 0 Å². The molecule has 0 spiro atoms. The lowest BCUT2D eigenvalue weighted by Gasteiger charge is -2.14. The van der Waals surface area contributed by atoms with Crippen LogP contribution in [0, 0.1) is 14.9 Å². The van der Waals surface area contributed by atoms with Gasteiger partial charge < -0.3 is 0 Å². The molecule has 0 amide bonds. The van der Waals surface area contributed by atoms with E-state index >= 15 is 0 Å². The zero-order valence-corrected chi connectivity index (χ0v) is 9.91. The first-order valence-corrected chi connectivity index (χ1v) is 5.04. The summed E-state index contributed by atoms with van der Waals surface area (Å²) in [6.07, 6.45) is -9.64. The van der Waals surface area contributed by atoms with Crippen molar-refractivity contribution in [3.63, 3.8) is 0 Å². The van der Waals surface area contributed by atoms with Crippen molar-refractivity contribution in [2.24, 2.45) is 0 Å². The van der Waals surface area contributed by atoms with Crippen LogP contribution in [-0.4, -0.2) is 0 Å². The van der Waals surface area contributed by atoms with Gasteiger partial charge in [0.25, 0.3) is 0 Å². The fraction of sp³-hybridized carbons (Fsp3) is 0.222. The fourth-order valence-electron chi connectivity index (χ4n) is 1.14. The first kappa shape index (κ1) is 14.1. The highest BCUT2D eigenvalue weighted by atomic mass is 127. The highest BCUT2D eigenvalue weighted by molar-refractivity contribution is 14.1. The average molecular weight is 365 g/mol. The largest absolute Gasteiger partial charge is 0.417 e. The number of benzene rings is 1. The Morgan fingerprint density at radius 2 is 1.35 bits per heavy atom. The Balaban J connectivity index is 3.56. The van der Waals surface area contributed by atoms with E-state index in [4.69, 9.17) is 5.26 Å². The lowest BCUT2D eigenvalue weighted by molar-refractivity contribution is -0.142. The van der Waals surface area contributed by atoms with Gasteiger partial charge in [-0.2, -0.15) is 31.6 Å². The molecule has 0 bridgehead atoms. The molecule has 8 heteroatoms. The topological polar surface area (TPSA) is 23.8 Å². The van der Waals surface area contributed by atoms with Gasteiger partial charge in [0.15, 0.2) is 0 Å². The Morgan fingerprint density at radius 1 is 0.941 bits per heavy atom. The van der Waals surface area contributed by atoms with E-state index in [-0.39, 0.29) is 6.07 Å². The lowest BCUT2D eigenvalue weighted by atomic mass is 10.0. The summed E-state index contributed by atoms with van der Waals surface area (Å²) in [5.41, 5.74) is -3.62. The van der Waals surface area contributed by atoms with Gasteiger partial charge in [-0.15, -0.1) is 0 Å². The van der Waals surface area contributed by atoms with Crippen molar-refractivity contribution in [1.29, 1.82) is 5.26 Å². The molecule has 0 saturated heterocycles. The van der Waals surface area contributed by atoms with Crippen LogP contribution in [0.1, 0.15) is 16.7 Å². The van der Waals surface area contributed by atoms with E-state index in [9.17, 15) is 26.3 Å². The average Bonchev–Trinajstić information content (AvgIpc) is 2.13. The molecule has 92 valence electrons. The van der Waals surface area contributed by atoms with Crippen molar-refractivity contribution < 1.29 is 26.3 Å². The minimum Gasteiger partial charge on any atom is -0.192 e. The smallest absolute Gasteiger partial charge is 0.192 e. The monoisotopic (exact) mass is 365 g/mol. The van der Waals surface area contributed by atoms with Crippen molar-refractivity contribution in [1.82, 2.24) is 0 Å². The van der Waals surface area contributed by atoms with Gasteiger partial charge in [-0.1, -0.05) is 0 Å². The third kappa shape index (κ3) is 2.83. The van der Waals surface area contributed by atoms with Gasteiger partial charge in [0.2, 0.25) is 0 Å². The van der Waals surface area contributed by atoms with Gasteiger partial charge in [0.1, 0.15) is 6.07 Å². The van der Waals surface area contributed by atoms with Gasteiger partial charge in [-0.25, -0.2) is 0 Å². The SMILES string of the molecule is N#Cc1c(C(F)(F)F)ccc(C(F)(F)F)c1I. The number of hydrogen-bond acceptors (Lipinski definition) is 1. The first-order chi connectivity index (χ1) is 7.59. The fourth-order valence-corrected chi connectivity index (χ4v) is 2.04. The summed E-state index contributed by atoms with van der Waals surface area (Å²) < 4.78 is 73.7. The van der Waals surface area contributed by atoms with Crippen LogP contribution < -0.4 is 0 Å². The van der Waals surface area contributed by atoms with Crippen molar-refractivity contribution >= 4 is 22.6 Å². The zero-order valence-electron chi connectivity index (χ0n) is 7.75. The molecular weight excluding hydrogens is 363 g/mol. The van der Waals surface area contributed by atoms with Crippen LogP contribution in [0.25, 0.3) is 0 Å². The third-order valence-electron chi connectivity index (χ3n) is 1.86. The molecule has 1 aromatic carbocycles. The van der Waals surface area contributed by atoms with E-state index in [1.165, 1.54) is 0 Å². The van der Waals surface area contributed by atoms with E-state index in [1.54, 1.807) is 0 Å². The van der Waals surface area contributed by atoms with Crippen molar-refractivity contribution in [3.05, 3.63) is 32.4 Å². The Morgan fingerprint density at radius 3 is 1.71 bits per heavy atom. The Bertz CT molecular complexity index is 482. The van der Waals surface area contributed by atoms with Gasteiger partial charge in [0, 0.05) is 3.57 Å². The van der Waals surface area contributed by atoms with Crippen LogP contribution in [0.4, 0.5) is 26.3 Å². The van der Waals surface area contributed by atoms with Gasteiger partial charge in [-0.05, 0) is 34.7 Å². The molecule has 1 nitrogen and oxygen atoms in total. The molecule has 17 heavy (non-hydrogen) atoms. The van der Waals surface area contributed by atoms with E-state index < -0.39 is 32.6 Å². The molecule has 1 rings (SSSR count). The maximum atomic E-state index is 12.4. The molecule has 0 unspecified atom stereocenters. The number of halogens is 7. The second kappa shape index (κ2) is 4.36. The molecule has 0 atom stereocenters. The van der Waals surface area contributed by atoms with Crippen LogP contribution in [-0.2, 0) is 12.4 Å². The second-order valence-electron chi connectivity index (χ2n) is 2.96. The second-order valence-corrected chi connectivity index (χ2v) is 4.04. The highest BCUT2D eigenvalue weighted by Crippen LogP contribution is 2.39. The van der Waals surface area contributed by atoms with Gasteiger partial charge in [0.05, 0.1) is 16.7 Å². The molecular formula is C9H2F6IN. The molecule has 0 aliphatic heterocycles. The van der Waals surface area contributed by atoms with Crippen molar-refractivity contribution in [2.75, 3.05) is 0 Å². The Hall–Kier alpha value is -0.980. The molecule has 0 aromatic heterocycles. The standard InChI is InChI=1S/C9H2F6IN/c10-8(11,12)5-1-2-6(9(13,14)15)7(16)4(5)3-17/h1-2H. The van der Waals surface area contributed by atoms with E-state index in [1.807, 2.05) is 0 Å². The summed E-state index contributed by atoms with van der Waals surface area (Å²) in [6, 6.07) is 1.75. The van der Waals surface area contributed by atoms with Gasteiger partial charge in [-0.3, -0.25) is 0 Å². The molecule has 0 radical (unpaired) electrons. The van der Waals surface area contributed by atoms with Crippen LogP contribution in [0.2, 0.25) is 0 Å². The summed E-state index contributed by atoms with van der Waals surface area (Å²) >= 11 is 1.09. The predicted molar refractivity (Wildman–Crippen MR) is 53.9 cm³/mol. The normalized spacial score (nSPS) is 12.4. The summed E-state index contributed by atoms with van der Waals surface area (Å²) in [5.74, 6) is 0. The number of alkyl halides is 6. The minimum absolute atomic E-state index is 0.267. The molecule has 0 aliphatic rings. The maximum absolute atomic E-state index is 12.4. The third-order valence-corrected chi connectivity index (χ3v) is 2.99. The van der Waals surface area contributed by atoms with E-state index in [0.717, 1.165) is 28.7 Å². The molecule has 0 N–H and O–H groups in total. The number of nitrogens with zero attached hydrogens (tertiary/aromatic N) is 1. The number of rotatable bonds is 0. The maximum Gasteiger partial charge on any atom is 0.417 e. The molecule has 0 aliphatic carbocycles. The van der Waals surface area contributed by atoms with E-state index in [2.05, 4.69) is 0 Å². The van der Waals surface area contributed by atoms with Crippen molar-refractivity contribution in [3.8, 4) is 6.07 Å². The summed E-state index contributed by atoms with van der Waals surface area (Å²) in [4.78, 5) is 0.